The number of hydrogen-bond acceptors (Lipinski definition) is 4. The zero-order valence-electron chi connectivity index (χ0n) is 10.2. The van der Waals surface area contributed by atoms with E-state index in [-0.39, 0.29) is 12.4 Å². The van der Waals surface area contributed by atoms with Gasteiger partial charge in [-0.3, -0.25) is 4.79 Å². The van der Waals surface area contributed by atoms with Crippen LogP contribution in [0.4, 0.5) is 0 Å². The number of hydrogen-bond donors (Lipinski definition) is 0. The molecule has 0 spiro atoms. The molecule has 4 nitrogen and oxygen atoms in total. The first-order valence-corrected chi connectivity index (χ1v) is 5.31. The van der Waals surface area contributed by atoms with Gasteiger partial charge in [0.15, 0.2) is 5.79 Å². The molecule has 0 N–H and O–H groups in total. The predicted molar refractivity (Wildman–Crippen MR) is 57.5 cm³/mol. The highest BCUT2D eigenvalue weighted by Gasteiger charge is 2.32. The zero-order valence-corrected chi connectivity index (χ0v) is 10.2. The van der Waals surface area contributed by atoms with E-state index in [0.29, 0.717) is 6.42 Å². The number of ether oxygens (including phenoxy) is 3. The number of carbonyl (C=O) groups is 1. The van der Waals surface area contributed by atoms with E-state index < -0.39 is 5.79 Å². The highest BCUT2D eigenvalue weighted by molar-refractivity contribution is 5.70. The Labute approximate surface area is 91.9 Å². The van der Waals surface area contributed by atoms with E-state index in [1.807, 2.05) is 0 Å². The van der Waals surface area contributed by atoms with Gasteiger partial charge in [0, 0.05) is 20.6 Å². The van der Waals surface area contributed by atoms with Crippen molar-refractivity contribution < 1.29 is 19.0 Å². The van der Waals surface area contributed by atoms with Crippen LogP contribution in [-0.2, 0) is 19.0 Å². The van der Waals surface area contributed by atoms with Gasteiger partial charge in [-0.05, 0) is 6.42 Å². The van der Waals surface area contributed by atoms with Crippen molar-refractivity contribution in [3.63, 3.8) is 0 Å². The van der Waals surface area contributed by atoms with Crippen LogP contribution in [0.25, 0.3) is 0 Å². The number of esters is 1. The van der Waals surface area contributed by atoms with Crippen molar-refractivity contribution >= 4 is 5.97 Å². The molecule has 0 saturated carbocycles. The van der Waals surface area contributed by atoms with Gasteiger partial charge >= 0.3 is 5.97 Å². The first kappa shape index (κ1) is 14.4. The molecule has 0 aliphatic carbocycles. The summed E-state index contributed by atoms with van der Waals surface area (Å²) in [4.78, 5) is 11.2. The molecule has 0 bridgehead atoms. The Morgan fingerprint density at radius 2 is 1.73 bits per heavy atom. The fraction of sp³-hybridized carbons (Fsp3) is 0.909. The first-order valence-electron chi connectivity index (χ1n) is 5.31. The van der Waals surface area contributed by atoms with Gasteiger partial charge in [0.1, 0.15) is 0 Å². The van der Waals surface area contributed by atoms with Gasteiger partial charge in [0.05, 0.1) is 13.5 Å². The van der Waals surface area contributed by atoms with Gasteiger partial charge in [-0.1, -0.05) is 19.8 Å². The predicted octanol–water partition coefficient (Wildman–Crippen LogP) is 2.12. The molecule has 15 heavy (non-hydrogen) atoms. The quantitative estimate of drug-likeness (QED) is 0.355. The van der Waals surface area contributed by atoms with E-state index in [0.717, 1.165) is 19.3 Å². The maximum atomic E-state index is 11.2. The molecule has 0 aromatic carbocycles. The normalized spacial score (nSPS) is 11.5. The van der Waals surface area contributed by atoms with Crippen molar-refractivity contribution in [2.75, 3.05) is 21.3 Å². The van der Waals surface area contributed by atoms with E-state index in [2.05, 4.69) is 11.7 Å². The number of methoxy groups -OCH3 is 3. The first-order chi connectivity index (χ1) is 7.14. The van der Waals surface area contributed by atoms with Gasteiger partial charge in [0.25, 0.3) is 0 Å². The molecule has 0 rings (SSSR count). The molecule has 4 heteroatoms. The highest BCUT2D eigenvalue weighted by atomic mass is 16.7. The Morgan fingerprint density at radius 3 is 2.13 bits per heavy atom. The van der Waals surface area contributed by atoms with Crippen LogP contribution in [0.15, 0.2) is 0 Å². The third-order valence-corrected chi connectivity index (χ3v) is 2.55. The van der Waals surface area contributed by atoms with E-state index in [1.54, 1.807) is 14.2 Å². The highest BCUT2D eigenvalue weighted by Crippen LogP contribution is 2.24. The smallest absolute Gasteiger partial charge is 0.310 e. The molecule has 0 amide bonds. The molecule has 90 valence electrons. The largest absolute Gasteiger partial charge is 0.469 e. The van der Waals surface area contributed by atoms with Crippen LogP contribution in [0.2, 0.25) is 0 Å². The molecule has 0 aromatic rings. The molecule has 0 unspecified atom stereocenters. The van der Waals surface area contributed by atoms with Crippen LogP contribution in [0.3, 0.4) is 0 Å². The Kier molecular flexibility index (Phi) is 7.34. The van der Waals surface area contributed by atoms with E-state index in [9.17, 15) is 4.79 Å². The van der Waals surface area contributed by atoms with Crippen molar-refractivity contribution in [1.82, 2.24) is 0 Å². The molecule has 0 fully saturated rings. The number of unbranched alkanes of at least 4 members (excludes halogenated alkanes) is 2. The Morgan fingerprint density at radius 1 is 1.13 bits per heavy atom. The topological polar surface area (TPSA) is 44.8 Å². The second kappa shape index (κ2) is 7.65. The lowest BCUT2D eigenvalue weighted by molar-refractivity contribution is -0.220. The van der Waals surface area contributed by atoms with Crippen LogP contribution in [-0.4, -0.2) is 33.1 Å². The molecule has 0 atom stereocenters. The average Bonchev–Trinajstić information content (AvgIpc) is 2.27. The van der Waals surface area contributed by atoms with Crippen molar-refractivity contribution in [2.45, 2.75) is 44.8 Å². The minimum Gasteiger partial charge on any atom is -0.469 e. The summed E-state index contributed by atoms with van der Waals surface area (Å²) in [6.07, 6.45) is 4.07. The molecule has 0 aliphatic rings. The SMILES string of the molecule is CCCCCC(CC(=O)OC)(OC)OC. The summed E-state index contributed by atoms with van der Waals surface area (Å²) in [7, 11) is 4.47. The Hall–Kier alpha value is -0.610. The minimum absolute atomic E-state index is 0.139. The third kappa shape index (κ3) is 5.14. The molecule has 0 radical (unpaired) electrons. The van der Waals surface area contributed by atoms with Crippen LogP contribution >= 0.6 is 0 Å². The van der Waals surface area contributed by atoms with Gasteiger partial charge in [-0.2, -0.15) is 0 Å². The summed E-state index contributed by atoms with van der Waals surface area (Å²) >= 11 is 0. The third-order valence-electron chi connectivity index (χ3n) is 2.55. The molecule has 0 aromatic heterocycles. The van der Waals surface area contributed by atoms with Crippen LogP contribution in [0.1, 0.15) is 39.0 Å². The van der Waals surface area contributed by atoms with Gasteiger partial charge in [0.2, 0.25) is 0 Å². The Bertz CT molecular complexity index is 175. The molecule has 0 aliphatic heterocycles. The van der Waals surface area contributed by atoms with Gasteiger partial charge < -0.3 is 14.2 Å². The lowest BCUT2D eigenvalue weighted by Crippen LogP contribution is -2.36. The number of rotatable bonds is 8. The fourth-order valence-corrected chi connectivity index (χ4v) is 1.46. The second-order valence-electron chi connectivity index (χ2n) is 3.53. The van der Waals surface area contributed by atoms with Crippen LogP contribution < -0.4 is 0 Å². The Balaban J connectivity index is 4.23. The second-order valence-corrected chi connectivity index (χ2v) is 3.53. The summed E-state index contributed by atoms with van der Waals surface area (Å²) < 4.78 is 15.2. The number of carbonyl (C=O) groups excluding carboxylic acids is 1. The summed E-state index contributed by atoms with van der Waals surface area (Å²) in [6.45, 7) is 2.13. The zero-order chi connectivity index (χ0) is 11.7. The molecular weight excluding hydrogens is 196 g/mol. The lowest BCUT2D eigenvalue weighted by atomic mass is 10.0. The maximum absolute atomic E-state index is 11.2. The summed E-state index contributed by atoms with van der Waals surface area (Å²) in [6, 6.07) is 0. The average molecular weight is 218 g/mol. The molecule has 0 heterocycles. The van der Waals surface area contributed by atoms with Gasteiger partial charge in [-0.25, -0.2) is 0 Å². The lowest BCUT2D eigenvalue weighted by Gasteiger charge is -2.29. The fourth-order valence-electron chi connectivity index (χ4n) is 1.46. The van der Waals surface area contributed by atoms with Crippen molar-refractivity contribution in [2.24, 2.45) is 0 Å². The standard InChI is InChI=1S/C11H22O4/c1-5-6-7-8-11(14-3,15-4)9-10(12)13-2/h5-9H2,1-4H3. The summed E-state index contributed by atoms with van der Waals surface area (Å²) in [5, 5.41) is 0. The van der Waals surface area contributed by atoms with Crippen LogP contribution in [0, 0.1) is 0 Å². The molecule has 0 saturated heterocycles. The molecular formula is C11H22O4. The summed E-state index contributed by atoms with van der Waals surface area (Å²) in [5.41, 5.74) is 0. The summed E-state index contributed by atoms with van der Waals surface area (Å²) in [5.74, 6) is -1.13. The minimum atomic E-state index is -0.817. The van der Waals surface area contributed by atoms with Crippen molar-refractivity contribution in [1.29, 1.82) is 0 Å². The van der Waals surface area contributed by atoms with E-state index >= 15 is 0 Å². The van der Waals surface area contributed by atoms with Crippen LogP contribution in [0.5, 0.6) is 0 Å². The van der Waals surface area contributed by atoms with Crippen molar-refractivity contribution in [3.8, 4) is 0 Å². The maximum Gasteiger partial charge on any atom is 0.310 e. The van der Waals surface area contributed by atoms with Gasteiger partial charge in [-0.15, -0.1) is 0 Å². The van der Waals surface area contributed by atoms with E-state index in [1.165, 1.54) is 7.11 Å². The van der Waals surface area contributed by atoms with Crippen molar-refractivity contribution in [3.05, 3.63) is 0 Å². The monoisotopic (exact) mass is 218 g/mol. The van der Waals surface area contributed by atoms with E-state index in [4.69, 9.17) is 9.47 Å².